The first-order chi connectivity index (χ1) is 16.4. The van der Waals surface area contributed by atoms with Gasteiger partial charge in [-0.25, -0.2) is 9.18 Å². The van der Waals surface area contributed by atoms with Gasteiger partial charge in [-0.2, -0.15) is 5.26 Å². The van der Waals surface area contributed by atoms with Gasteiger partial charge in [-0.15, -0.1) is 11.3 Å². The number of nitriles is 1. The number of ether oxygens (including phenoxy) is 2. The Kier molecular flexibility index (Phi) is 5.48. The zero-order chi connectivity index (χ0) is 24.0. The number of hydrogen-bond donors (Lipinski definition) is 1. The molecule has 1 aromatic heterocycles. The lowest BCUT2D eigenvalue weighted by Gasteiger charge is -2.26. The van der Waals surface area contributed by atoms with Crippen molar-refractivity contribution < 1.29 is 18.7 Å². The molecule has 2 heterocycles. The summed E-state index contributed by atoms with van der Waals surface area (Å²) in [4.78, 5) is 13.2. The average Bonchev–Trinajstić information content (AvgIpc) is 3.14. The van der Waals surface area contributed by atoms with Crippen LogP contribution in [0.4, 0.5) is 4.39 Å². The summed E-state index contributed by atoms with van der Waals surface area (Å²) in [6, 6.07) is 18.7. The molecule has 1 aliphatic heterocycles. The smallest absolute Gasteiger partial charge is 0.355 e. The van der Waals surface area contributed by atoms with Crippen LogP contribution >= 0.6 is 22.9 Å². The molecular weight excluding hydrogens is 475 g/mol. The van der Waals surface area contributed by atoms with E-state index in [9.17, 15) is 14.4 Å². The number of nitrogens with zero attached hydrogens (tertiary/aromatic N) is 1. The fourth-order valence-electron chi connectivity index (χ4n) is 3.99. The highest BCUT2D eigenvalue weighted by molar-refractivity contribution is 7.21. The predicted octanol–water partition coefficient (Wildman–Crippen LogP) is 6.44. The van der Waals surface area contributed by atoms with Crippen LogP contribution in [0.3, 0.4) is 0 Å². The number of hydrogen-bond acceptors (Lipinski definition) is 6. The van der Waals surface area contributed by atoms with E-state index < -0.39 is 17.7 Å². The number of rotatable bonds is 3. The monoisotopic (exact) mass is 490 g/mol. The Labute approximate surface area is 203 Å². The number of aryl methyl sites for hydroxylation is 1. The van der Waals surface area contributed by atoms with Gasteiger partial charge in [-0.3, -0.25) is 0 Å². The summed E-state index contributed by atoms with van der Waals surface area (Å²) < 4.78 is 26.7. The molecular formula is C26H16ClFN2O3S. The summed E-state index contributed by atoms with van der Waals surface area (Å²) in [6.45, 7) is 1.96. The predicted molar refractivity (Wildman–Crippen MR) is 129 cm³/mol. The number of benzene rings is 3. The normalized spacial score (nSPS) is 14.9. The second-order valence-corrected chi connectivity index (χ2v) is 9.21. The van der Waals surface area contributed by atoms with Gasteiger partial charge in [0.2, 0.25) is 5.88 Å². The number of carbonyl (C=O) groups is 1. The van der Waals surface area contributed by atoms with Gasteiger partial charge >= 0.3 is 5.97 Å². The van der Waals surface area contributed by atoms with Gasteiger partial charge in [0.25, 0.3) is 0 Å². The minimum absolute atomic E-state index is 0.106. The minimum atomic E-state index is -0.750. The van der Waals surface area contributed by atoms with Gasteiger partial charge in [0.1, 0.15) is 33.8 Å². The van der Waals surface area contributed by atoms with Crippen molar-refractivity contribution >= 4 is 39.0 Å². The molecule has 0 saturated carbocycles. The van der Waals surface area contributed by atoms with E-state index >= 15 is 0 Å². The zero-order valence-corrected chi connectivity index (χ0v) is 19.3. The summed E-state index contributed by atoms with van der Waals surface area (Å²) >= 11 is 7.69. The maximum atomic E-state index is 14.6. The molecule has 0 spiro atoms. The van der Waals surface area contributed by atoms with Crippen LogP contribution < -0.4 is 15.2 Å². The number of allylic oxidation sites excluding steroid dienone is 1. The minimum Gasteiger partial charge on any atom is -0.440 e. The molecule has 168 valence electrons. The number of nitrogens with two attached hydrogens (primary N) is 1. The highest BCUT2D eigenvalue weighted by atomic mass is 35.5. The van der Waals surface area contributed by atoms with Gasteiger partial charge in [-0.1, -0.05) is 48.0 Å². The van der Waals surface area contributed by atoms with Gasteiger partial charge in [0.15, 0.2) is 0 Å². The Morgan fingerprint density at radius 3 is 2.74 bits per heavy atom. The van der Waals surface area contributed by atoms with Crippen LogP contribution in [0, 0.1) is 24.1 Å². The van der Waals surface area contributed by atoms with Gasteiger partial charge in [0, 0.05) is 27.3 Å². The molecule has 0 bridgehead atoms. The van der Waals surface area contributed by atoms with Crippen LogP contribution in [0.5, 0.6) is 11.5 Å². The lowest BCUT2D eigenvalue weighted by molar-refractivity contribution is 0.0740. The Morgan fingerprint density at radius 1 is 1.18 bits per heavy atom. The third-order valence-corrected chi connectivity index (χ3v) is 7.22. The van der Waals surface area contributed by atoms with E-state index in [1.165, 1.54) is 23.5 Å². The maximum absolute atomic E-state index is 14.6. The Bertz CT molecular complexity index is 1550. The SMILES string of the molecule is Cc1ccc2c(Cl)c(C(=O)Oc3ccc4c(c3)OC(N)=C(C#N)C4c3ccccc3F)sc2c1. The first-order valence-corrected chi connectivity index (χ1v) is 11.4. The Balaban J connectivity index is 1.50. The maximum Gasteiger partial charge on any atom is 0.355 e. The highest BCUT2D eigenvalue weighted by Crippen LogP contribution is 2.44. The van der Waals surface area contributed by atoms with Crippen LogP contribution in [-0.2, 0) is 0 Å². The summed E-state index contributed by atoms with van der Waals surface area (Å²) in [6.07, 6.45) is 0. The topological polar surface area (TPSA) is 85.3 Å². The first-order valence-electron chi connectivity index (χ1n) is 10.2. The van der Waals surface area contributed by atoms with E-state index in [1.807, 2.05) is 31.2 Å². The van der Waals surface area contributed by atoms with Crippen LogP contribution in [0.15, 0.2) is 72.1 Å². The first kappa shape index (κ1) is 22.0. The molecule has 0 fully saturated rings. The fraction of sp³-hybridized carbons (Fsp3) is 0.0769. The van der Waals surface area contributed by atoms with Gasteiger partial charge < -0.3 is 15.2 Å². The third-order valence-electron chi connectivity index (χ3n) is 5.59. The second kappa shape index (κ2) is 8.49. The van der Waals surface area contributed by atoms with Crippen molar-refractivity contribution in [1.29, 1.82) is 5.26 Å². The van der Waals surface area contributed by atoms with E-state index in [0.717, 1.165) is 15.6 Å². The summed E-state index contributed by atoms with van der Waals surface area (Å²) in [7, 11) is 0. The van der Waals surface area contributed by atoms with Crippen molar-refractivity contribution in [3.8, 4) is 17.6 Å². The van der Waals surface area contributed by atoms with Gasteiger partial charge in [0.05, 0.1) is 10.9 Å². The molecule has 0 aliphatic carbocycles. The molecule has 8 heteroatoms. The lowest BCUT2D eigenvalue weighted by Crippen LogP contribution is -2.21. The molecule has 1 aliphatic rings. The Hall–Kier alpha value is -3.86. The third kappa shape index (κ3) is 3.67. The number of halogens is 2. The van der Waals surface area contributed by atoms with E-state index in [-0.39, 0.29) is 27.8 Å². The van der Waals surface area contributed by atoms with Crippen molar-refractivity contribution in [1.82, 2.24) is 0 Å². The van der Waals surface area contributed by atoms with Crippen molar-refractivity contribution in [2.75, 3.05) is 0 Å². The molecule has 1 unspecified atom stereocenters. The number of carbonyl (C=O) groups excluding carboxylic acids is 1. The number of thiophene rings is 1. The van der Waals surface area contributed by atoms with E-state index in [1.54, 1.807) is 30.3 Å². The van der Waals surface area contributed by atoms with Crippen LogP contribution in [0.25, 0.3) is 10.1 Å². The van der Waals surface area contributed by atoms with Crippen molar-refractivity contribution in [2.45, 2.75) is 12.8 Å². The largest absolute Gasteiger partial charge is 0.440 e. The Morgan fingerprint density at radius 2 is 1.97 bits per heavy atom. The molecule has 1 atom stereocenters. The van der Waals surface area contributed by atoms with Crippen LogP contribution in [-0.4, -0.2) is 5.97 Å². The van der Waals surface area contributed by atoms with Crippen molar-refractivity contribution in [3.05, 3.63) is 105 Å². The van der Waals surface area contributed by atoms with E-state index in [4.69, 9.17) is 26.8 Å². The molecule has 5 nitrogen and oxygen atoms in total. The number of esters is 1. The molecule has 4 aromatic rings. The van der Waals surface area contributed by atoms with E-state index in [2.05, 4.69) is 0 Å². The van der Waals surface area contributed by atoms with Crippen molar-refractivity contribution in [2.24, 2.45) is 5.73 Å². The molecule has 0 amide bonds. The van der Waals surface area contributed by atoms with E-state index in [0.29, 0.717) is 16.1 Å². The molecule has 0 radical (unpaired) electrons. The second-order valence-electron chi connectivity index (χ2n) is 7.78. The molecule has 34 heavy (non-hydrogen) atoms. The molecule has 3 aromatic carbocycles. The summed E-state index contributed by atoms with van der Waals surface area (Å²) in [5, 5.41) is 10.8. The highest BCUT2D eigenvalue weighted by Gasteiger charge is 2.32. The summed E-state index contributed by atoms with van der Waals surface area (Å²) in [5.41, 5.74) is 7.98. The zero-order valence-electron chi connectivity index (χ0n) is 17.8. The molecule has 0 saturated heterocycles. The average molecular weight is 491 g/mol. The van der Waals surface area contributed by atoms with Crippen LogP contribution in [0.1, 0.15) is 32.3 Å². The summed E-state index contributed by atoms with van der Waals surface area (Å²) in [5.74, 6) is -1.48. The van der Waals surface area contributed by atoms with Gasteiger partial charge in [-0.05, 0) is 30.7 Å². The molecule has 5 rings (SSSR count). The fourth-order valence-corrected chi connectivity index (χ4v) is 5.47. The van der Waals surface area contributed by atoms with Crippen molar-refractivity contribution in [3.63, 3.8) is 0 Å². The quantitative estimate of drug-likeness (QED) is 0.264. The number of fused-ring (bicyclic) bond motifs is 2. The standard InChI is InChI=1S/C26H16ClFN2O3S/c1-13-6-8-17-21(10-13)34-24(23(17)27)26(31)32-14-7-9-16-20(11-14)33-25(30)18(12-29)22(16)15-4-2-3-5-19(15)28/h2-11,22H,30H2,1H3. The van der Waals surface area contributed by atoms with Crippen LogP contribution in [0.2, 0.25) is 5.02 Å². The molecule has 2 N–H and O–H groups in total. The lowest BCUT2D eigenvalue weighted by atomic mass is 9.83.